The summed E-state index contributed by atoms with van der Waals surface area (Å²) in [7, 11) is 0. The number of ether oxygens (including phenoxy) is 1. The van der Waals surface area contributed by atoms with E-state index in [9.17, 15) is 14.3 Å². The average molecular weight is 321 g/mol. The summed E-state index contributed by atoms with van der Waals surface area (Å²) in [5.41, 5.74) is -0.601. The molecule has 5 heteroatoms. The molecule has 0 aromatic heterocycles. The largest absolute Gasteiger partial charge is 0.490 e. The molecule has 2 aliphatic carbocycles. The van der Waals surface area contributed by atoms with Gasteiger partial charge in [-0.3, -0.25) is 4.79 Å². The van der Waals surface area contributed by atoms with Crippen molar-refractivity contribution < 1.29 is 19.0 Å². The monoisotopic (exact) mass is 321 g/mol. The van der Waals surface area contributed by atoms with Crippen LogP contribution in [0.1, 0.15) is 57.1 Å². The Balaban J connectivity index is 1.61. The number of benzene rings is 1. The van der Waals surface area contributed by atoms with Crippen molar-refractivity contribution in [2.75, 3.05) is 6.61 Å². The molecule has 2 N–H and O–H groups in total. The standard InChI is InChI=1S/C18H24FNO3/c1-12(20-17(21)18(22)8-2-3-9-18)14-6-7-16(15(19)10-14)23-11-13-4-5-13/h6-7,10,12-13,22H,2-5,8-9,11H2,1H3,(H,20,21). The maximum atomic E-state index is 14.1. The Labute approximate surface area is 136 Å². The summed E-state index contributed by atoms with van der Waals surface area (Å²) in [6.07, 6.45) is 5.03. The van der Waals surface area contributed by atoms with Crippen LogP contribution in [0.3, 0.4) is 0 Å². The lowest BCUT2D eigenvalue weighted by atomic mass is 10.00. The lowest BCUT2D eigenvalue weighted by molar-refractivity contribution is -0.139. The van der Waals surface area contributed by atoms with Crippen molar-refractivity contribution in [3.8, 4) is 5.75 Å². The van der Waals surface area contributed by atoms with Crippen molar-refractivity contribution in [3.63, 3.8) is 0 Å². The van der Waals surface area contributed by atoms with Gasteiger partial charge in [-0.2, -0.15) is 0 Å². The fourth-order valence-electron chi connectivity index (χ4n) is 3.00. The molecule has 3 rings (SSSR count). The quantitative estimate of drug-likeness (QED) is 0.846. The Morgan fingerprint density at radius 3 is 2.74 bits per heavy atom. The molecule has 0 saturated heterocycles. The van der Waals surface area contributed by atoms with Crippen LogP contribution in [0.5, 0.6) is 5.75 Å². The predicted molar refractivity (Wildman–Crippen MR) is 84.6 cm³/mol. The number of halogens is 1. The molecule has 1 amide bonds. The van der Waals surface area contributed by atoms with Gasteiger partial charge in [0.2, 0.25) is 0 Å². The molecular formula is C18H24FNO3. The first kappa shape index (κ1) is 16.2. The summed E-state index contributed by atoms with van der Waals surface area (Å²) < 4.78 is 19.6. The van der Waals surface area contributed by atoms with Crippen LogP contribution in [0.4, 0.5) is 4.39 Å². The van der Waals surface area contributed by atoms with Gasteiger partial charge in [-0.15, -0.1) is 0 Å². The second-order valence-corrected chi connectivity index (χ2v) is 6.88. The fourth-order valence-corrected chi connectivity index (χ4v) is 3.00. The topological polar surface area (TPSA) is 58.6 Å². The highest BCUT2D eigenvalue weighted by Crippen LogP contribution is 2.32. The lowest BCUT2D eigenvalue weighted by Gasteiger charge is -2.24. The summed E-state index contributed by atoms with van der Waals surface area (Å²) in [6.45, 7) is 2.35. The summed E-state index contributed by atoms with van der Waals surface area (Å²) >= 11 is 0. The highest BCUT2D eigenvalue weighted by atomic mass is 19.1. The van der Waals surface area contributed by atoms with E-state index >= 15 is 0 Å². The van der Waals surface area contributed by atoms with Gasteiger partial charge in [-0.25, -0.2) is 4.39 Å². The first-order valence-electron chi connectivity index (χ1n) is 8.43. The third-order valence-electron chi connectivity index (χ3n) is 4.83. The highest BCUT2D eigenvalue weighted by molar-refractivity contribution is 5.85. The van der Waals surface area contributed by atoms with Crippen molar-refractivity contribution in [2.45, 2.75) is 57.1 Å². The van der Waals surface area contributed by atoms with Crippen LogP contribution in [0.2, 0.25) is 0 Å². The molecule has 2 saturated carbocycles. The molecule has 2 fully saturated rings. The Bertz CT molecular complexity index is 580. The van der Waals surface area contributed by atoms with E-state index in [0.717, 1.165) is 25.7 Å². The number of hydrogen-bond acceptors (Lipinski definition) is 3. The van der Waals surface area contributed by atoms with Gasteiger partial charge in [0.15, 0.2) is 11.6 Å². The minimum Gasteiger partial charge on any atom is -0.490 e. The van der Waals surface area contributed by atoms with Crippen molar-refractivity contribution in [2.24, 2.45) is 5.92 Å². The van der Waals surface area contributed by atoms with Crippen LogP contribution in [-0.2, 0) is 4.79 Å². The van der Waals surface area contributed by atoms with E-state index in [1.165, 1.54) is 6.07 Å². The van der Waals surface area contributed by atoms with Crippen molar-refractivity contribution in [1.29, 1.82) is 0 Å². The minimum atomic E-state index is -1.26. The zero-order chi connectivity index (χ0) is 16.4. The number of rotatable bonds is 6. The summed E-state index contributed by atoms with van der Waals surface area (Å²) in [5.74, 6) is 0.0498. The Morgan fingerprint density at radius 2 is 2.13 bits per heavy atom. The smallest absolute Gasteiger partial charge is 0.252 e. The van der Waals surface area contributed by atoms with E-state index in [1.54, 1.807) is 19.1 Å². The van der Waals surface area contributed by atoms with Crippen molar-refractivity contribution in [1.82, 2.24) is 5.32 Å². The highest BCUT2D eigenvalue weighted by Gasteiger charge is 2.39. The summed E-state index contributed by atoms with van der Waals surface area (Å²) in [4.78, 5) is 12.2. The zero-order valence-corrected chi connectivity index (χ0v) is 13.5. The van der Waals surface area contributed by atoms with Crippen molar-refractivity contribution in [3.05, 3.63) is 29.6 Å². The number of carbonyl (C=O) groups excluding carboxylic acids is 1. The van der Waals surface area contributed by atoms with Crippen LogP contribution >= 0.6 is 0 Å². The minimum absolute atomic E-state index is 0.258. The first-order chi connectivity index (χ1) is 11.0. The van der Waals surface area contributed by atoms with Gasteiger partial charge in [0.1, 0.15) is 5.60 Å². The van der Waals surface area contributed by atoms with Gasteiger partial charge in [0.05, 0.1) is 12.6 Å². The summed E-state index contributed by atoms with van der Waals surface area (Å²) in [5, 5.41) is 13.1. The molecule has 1 atom stereocenters. The van der Waals surface area contributed by atoms with Gasteiger partial charge in [-0.05, 0) is 69.1 Å². The maximum absolute atomic E-state index is 14.1. The van der Waals surface area contributed by atoms with Gasteiger partial charge in [0.25, 0.3) is 5.91 Å². The molecule has 0 aliphatic heterocycles. The second-order valence-electron chi connectivity index (χ2n) is 6.88. The Kier molecular flexibility index (Phi) is 4.57. The van der Waals surface area contributed by atoms with Crippen LogP contribution in [0, 0.1) is 11.7 Å². The number of hydrogen-bond donors (Lipinski definition) is 2. The van der Waals surface area contributed by atoms with Gasteiger partial charge in [-0.1, -0.05) is 6.07 Å². The van der Waals surface area contributed by atoms with E-state index in [-0.39, 0.29) is 17.7 Å². The van der Waals surface area contributed by atoms with Crippen LogP contribution in [-0.4, -0.2) is 23.2 Å². The second kappa shape index (κ2) is 6.48. The predicted octanol–water partition coefficient (Wildman–Crippen LogP) is 3.10. The number of nitrogens with one attached hydrogen (secondary N) is 1. The van der Waals surface area contributed by atoms with Crippen LogP contribution in [0.25, 0.3) is 0 Å². The van der Waals surface area contributed by atoms with E-state index in [1.807, 2.05) is 0 Å². The zero-order valence-electron chi connectivity index (χ0n) is 13.5. The van der Waals surface area contributed by atoms with Gasteiger partial charge >= 0.3 is 0 Å². The molecule has 4 nitrogen and oxygen atoms in total. The summed E-state index contributed by atoms with van der Waals surface area (Å²) in [6, 6.07) is 4.40. The normalized spacial score (nSPS) is 21.0. The van der Waals surface area contributed by atoms with Crippen molar-refractivity contribution >= 4 is 5.91 Å². The van der Waals surface area contributed by atoms with Gasteiger partial charge in [0, 0.05) is 0 Å². The van der Waals surface area contributed by atoms with E-state index in [0.29, 0.717) is 30.9 Å². The number of amides is 1. The van der Waals surface area contributed by atoms with E-state index < -0.39 is 11.4 Å². The third kappa shape index (κ3) is 3.83. The van der Waals surface area contributed by atoms with E-state index in [2.05, 4.69) is 5.32 Å². The Hall–Kier alpha value is -1.62. The number of aliphatic hydroxyl groups is 1. The molecule has 0 spiro atoms. The molecule has 0 heterocycles. The molecule has 1 unspecified atom stereocenters. The molecule has 1 aromatic carbocycles. The van der Waals surface area contributed by atoms with Gasteiger partial charge < -0.3 is 15.2 Å². The maximum Gasteiger partial charge on any atom is 0.252 e. The van der Waals surface area contributed by atoms with Crippen LogP contribution in [0.15, 0.2) is 18.2 Å². The SMILES string of the molecule is CC(NC(=O)C1(O)CCCC1)c1ccc(OCC2CC2)c(F)c1. The molecule has 1 aromatic rings. The molecule has 126 valence electrons. The molecule has 0 radical (unpaired) electrons. The molecule has 0 bridgehead atoms. The molecule has 2 aliphatic rings. The fraction of sp³-hybridized carbons (Fsp3) is 0.611. The average Bonchev–Trinajstić information content (AvgIpc) is 3.25. The Morgan fingerprint density at radius 1 is 1.43 bits per heavy atom. The first-order valence-corrected chi connectivity index (χ1v) is 8.43. The van der Waals surface area contributed by atoms with E-state index in [4.69, 9.17) is 4.74 Å². The van der Waals surface area contributed by atoms with Crippen LogP contribution < -0.4 is 10.1 Å². The molecule has 23 heavy (non-hydrogen) atoms. The lowest BCUT2D eigenvalue weighted by Crippen LogP contribution is -2.45. The molecular weight excluding hydrogens is 297 g/mol. The third-order valence-corrected chi connectivity index (χ3v) is 4.83. The number of carbonyl (C=O) groups is 1.